The zero-order chi connectivity index (χ0) is 17.3. The molecule has 6 nitrogen and oxygen atoms in total. The van der Waals surface area contributed by atoms with Gasteiger partial charge >= 0.3 is 0 Å². The number of rotatable bonds is 3. The molecule has 0 bridgehead atoms. The van der Waals surface area contributed by atoms with Gasteiger partial charge < -0.3 is 10.0 Å². The molecule has 3 rings (SSSR count). The number of nitro groups is 1. The first kappa shape index (κ1) is 15.9. The molecule has 0 aliphatic carbocycles. The molecule has 0 amide bonds. The maximum atomic E-state index is 13.5. The zero-order valence-corrected chi connectivity index (χ0v) is 12.6. The van der Waals surface area contributed by atoms with Crippen molar-refractivity contribution in [3.05, 3.63) is 69.5 Å². The van der Waals surface area contributed by atoms with Gasteiger partial charge in [-0.25, -0.2) is 4.39 Å². The number of nitrogens with zero attached hydrogens (tertiary/aromatic N) is 3. The molecular formula is C17H14FN3O3. The summed E-state index contributed by atoms with van der Waals surface area (Å²) in [5.74, 6) is -0.400. The van der Waals surface area contributed by atoms with Crippen LogP contribution in [0.1, 0.15) is 23.6 Å². The first-order valence-corrected chi connectivity index (χ1v) is 7.38. The van der Waals surface area contributed by atoms with Crippen LogP contribution in [0.2, 0.25) is 0 Å². The van der Waals surface area contributed by atoms with Crippen molar-refractivity contribution in [1.82, 2.24) is 0 Å². The van der Waals surface area contributed by atoms with Crippen LogP contribution >= 0.6 is 0 Å². The van der Waals surface area contributed by atoms with Crippen molar-refractivity contribution in [1.29, 1.82) is 5.26 Å². The van der Waals surface area contributed by atoms with E-state index in [1.54, 1.807) is 17.0 Å². The zero-order valence-electron chi connectivity index (χ0n) is 12.6. The van der Waals surface area contributed by atoms with Gasteiger partial charge in [0.05, 0.1) is 28.7 Å². The highest BCUT2D eigenvalue weighted by molar-refractivity contribution is 5.67. The van der Waals surface area contributed by atoms with Crippen LogP contribution in [0.3, 0.4) is 0 Å². The monoisotopic (exact) mass is 327 g/mol. The Morgan fingerprint density at radius 3 is 2.79 bits per heavy atom. The Bertz CT molecular complexity index is 834. The molecule has 0 radical (unpaired) electrons. The summed E-state index contributed by atoms with van der Waals surface area (Å²) < 4.78 is 13.5. The smallest absolute Gasteiger partial charge is 0.293 e. The fourth-order valence-electron chi connectivity index (χ4n) is 3.09. The van der Waals surface area contributed by atoms with E-state index in [4.69, 9.17) is 5.26 Å². The first-order valence-electron chi connectivity index (χ1n) is 7.38. The van der Waals surface area contributed by atoms with Crippen molar-refractivity contribution in [3.63, 3.8) is 0 Å². The Morgan fingerprint density at radius 1 is 1.33 bits per heavy atom. The van der Waals surface area contributed by atoms with Crippen LogP contribution in [0.15, 0.2) is 42.5 Å². The number of anilines is 1. The van der Waals surface area contributed by atoms with Crippen LogP contribution in [-0.4, -0.2) is 22.7 Å². The summed E-state index contributed by atoms with van der Waals surface area (Å²) in [6.07, 6.45) is -0.325. The molecule has 0 saturated carbocycles. The molecule has 0 aromatic heterocycles. The van der Waals surface area contributed by atoms with E-state index in [0.717, 1.165) is 0 Å². The first-order chi connectivity index (χ1) is 11.5. The second kappa shape index (κ2) is 6.26. The average Bonchev–Trinajstić information content (AvgIpc) is 2.96. The molecule has 1 saturated heterocycles. The highest BCUT2D eigenvalue weighted by Crippen LogP contribution is 2.40. The van der Waals surface area contributed by atoms with Crippen LogP contribution in [-0.2, 0) is 0 Å². The molecule has 2 aromatic rings. The number of hydrogen-bond donors (Lipinski definition) is 1. The summed E-state index contributed by atoms with van der Waals surface area (Å²) in [6.45, 7) is 0.202. The second-order valence-corrected chi connectivity index (χ2v) is 5.69. The van der Waals surface area contributed by atoms with E-state index in [0.29, 0.717) is 17.7 Å². The van der Waals surface area contributed by atoms with Gasteiger partial charge in [0, 0.05) is 12.6 Å². The van der Waals surface area contributed by atoms with Gasteiger partial charge in [-0.1, -0.05) is 12.1 Å². The number of aliphatic hydroxyl groups is 1. The molecule has 1 fully saturated rings. The highest BCUT2D eigenvalue weighted by atomic mass is 19.1. The lowest BCUT2D eigenvalue weighted by molar-refractivity contribution is -0.384. The Labute approximate surface area is 137 Å². The normalized spacial score (nSPS) is 20.0. The summed E-state index contributed by atoms with van der Waals surface area (Å²) >= 11 is 0. The maximum Gasteiger partial charge on any atom is 0.293 e. The van der Waals surface area contributed by atoms with E-state index in [1.165, 1.54) is 30.3 Å². The van der Waals surface area contributed by atoms with Gasteiger partial charge in [0.2, 0.25) is 0 Å². The van der Waals surface area contributed by atoms with Gasteiger partial charge in [-0.15, -0.1) is 0 Å². The van der Waals surface area contributed by atoms with E-state index >= 15 is 0 Å². The number of benzene rings is 2. The minimum atomic E-state index is -0.673. The van der Waals surface area contributed by atoms with Crippen molar-refractivity contribution in [2.24, 2.45) is 0 Å². The third kappa shape index (κ3) is 2.92. The van der Waals surface area contributed by atoms with Gasteiger partial charge in [0.25, 0.3) is 5.69 Å². The fourth-order valence-corrected chi connectivity index (χ4v) is 3.09. The minimum absolute atomic E-state index is 0.188. The summed E-state index contributed by atoms with van der Waals surface area (Å²) in [5.41, 5.74) is 0.937. The Balaban J connectivity index is 2.07. The average molecular weight is 327 g/mol. The number of β-amino-alcohol motifs (C(OH)–C–C–N with tert-alkyl or cyclic N) is 1. The van der Waals surface area contributed by atoms with Gasteiger partial charge in [-0.05, 0) is 36.2 Å². The molecule has 24 heavy (non-hydrogen) atoms. The molecule has 1 aliphatic rings. The van der Waals surface area contributed by atoms with E-state index < -0.39 is 16.8 Å². The largest absolute Gasteiger partial charge is 0.391 e. The fraction of sp³-hybridized carbons (Fsp3) is 0.235. The summed E-state index contributed by atoms with van der Waals surface area (Å²) in [5, 5.41) is 30.3. The van der Waals surface area contributed by atoms with Gasteiger partial charge in [0.1, 0.15) is 11.5 Å². The van der Waals surface area contributed by atoms with Crippen molar-refractivity contribution >= 4 is 11.4 Å². The highest BCUT2D eigenvalue weighted by Gasteiger charge is 2.35. The minimum Gasteiger partial charge on any atom is -0.391 e. The Morgan fingerprint density at radius 2 is 2.12 bits per heavy atom. The van der Waals surface area contributed by atoms with E-state index in [1.807, 2.05) is 6.07 Å². The number of halogens is 1. The van der Waals surface area contributed by atoms with Gasteiger partial charge in [-0.3, -0.25) is 10.1 Å². The van der Waals surface area contributed by atoms with Crippen LogP contribution in [0.25, 0.3) is 0 Å². The molecule has 2 aromatic carbocycles. The van der Waals surface area contributed by atoms with Crippen LogP contribution in [0, 0.1) is 27.3 Å². The molecule has 2 atom stereocenters. The summed E-state index contributed by atoms with van der Waals surface area (Å²) in [7, 11) is 0. The van der Waals surface area contributed by atoms with Gasteiger partial charge in [-0.2, -0.15) is 5.26 Å². The van der Waals surface area contributed by atoms with Crippen molar-refractivity contribution in [2.45, 2.75) is 18.6 Å². The Kier molecular flexibility index (Phi) is 4.15. The topological polar surface area (TPSA) is 90.4 Å². The van der Waals surface area contributed by atoms with E-state index in [9.17, 15) is 19.6 Å². The number of nitriles is 1. The van der Waals surface area contributed by atoms with Gasteiger partial charge in [0.15, 0.2) is 0 Å². The lowest BCUT2D eigenvalue weighted by Crippen LogP contribution is -2.25. The lowest BCUT2D eigenvalue weighted by atomic mass is 10.0. The van der Waals surface area contributed by atoms with E-state index in [-0.39, 0.29) is 23.8 Å². The summed E-state index contributed by atoms with van der Waals surface area (Å²) in [6, 6.07) is 11.7. The van der Waals surface area contributed by atoms with Crippen molar-refractivity contribution in [3.8, 4) is 6.07 Å². The van der Waals surface area contributed by atoms with Crippen LogP contribution < -0.4 is 4.90 Å². The number of hydrogen-bond acceptors (Lipinski definition) is 5. The SMILES string of the molecule is N#Cc1ccc(N2C[C@@H](O)C[C@H]2c2cccc(F)c2)c([N+](=O)[O-])c1. The molecule has 122 valence electrons. The van der Waals surface area contributed by atoms with E-state index in [2.05, 4.69) is 0 Å². The molecule has 0 unspecified atom stereocenters. The molecule has 1 heterocycles. The lowest BCUT2D eigenvalue weighted by Gasteiger charge is -2.26. The predicted molar refractivity (Wildman–Crippen MR) is 84.9 cm³/mol. The third-order valence-electron chi connectivity index (χ3n) is 4.12. The van der Waals surface area contributed by atoms with Crippen molar-refractivity contribution in [2.75, 3.05) is 11.4 Å². The molecule has 1 N–H and O–H groups in total. The quantitative estimate of drug-likeness (QED) is 0.691. The van der Waals surface area contributed by atoms with Crippen molar-refractivity contribution < 1.29 is 14.4 Å². The number of nitro benzene ring substituents is 1. The number of aliphatic hydroxyl groups excluding tert-OH is 1. The molecule has 1 aliphatic heterocycles. The molecular weight excluding hydrogens is 313 g/mol. The van der Waals surface area contributed by atoms with Crippen LogP contribution in [0.5, 0.6) is 0 Å². The predicted octanol–water partition coefficient (Wildman–Crippen LogP) is 2.92. The van der Waals surface area contributed by atoms with Crippen LogP contribution in [0.4, 0.5) is 15.8 Å². The maximum absolute atomic E-state index is 13.5. The summed E-state index contributed by atoms with van der Waals surface area (Å²) in [4.78, 5) is 12.5. The second-order valence-electron chi connectivity index (χ2n) is 5.69. The molecule has 7 heteroatoms. The molecule has 0 spiro atoms. The standard InChI is InChI=1S/C17H14FN3O3/c18-13-3-1-2-12(7-13)16-8-14(22)10-20(16)15-5-4-11(9-19)6-17(15)21(23)24/h1-7,14,16,22H,8,10H2/t14-,16-/m0/s1. The Hall–Kier alpha value is -2.98. The third-order valence-corrected chi connectivity index (χ3v) is 4.12.